The maximum absolute atomic E-state index is 12.3. The molecule has 23 heavy (non-hydrogen) atoms. The highest BCUT2D eigenvalue weighted by Crippen LogP contribution is 2.27. The van der Waals surface area contributed by atoms with Crippen LogP contribution < -0.4 is 15.8 Å². The second kappa shape index (κ2) is 7.99. The molecule has 0 aromatic heterocycles. The summed E-state index contributed by atoms with van der Waals surface area (Å²) in [5.41, 5.74) is 7.35. The number of rotatable bonds is 7. The quantitative estimate of drug-likeness (QED) is 0.660. The van der Waals surface area contributed by atoms with Gasteiger partial charge in [-0.05, 0) is 45.1 Å². The maximum Gasteiger partial charge on any atom is 0.240 e. The van der Waals surface area contributed by atoms with Crippen LogP contribution >= 0.6 is 0 Å². The van der Waals surface area contributed by atoms with E-state index in [1.165, 1.54) is 25.3 Å². The molecule has 2 rings (SSSR count). The van der Waals surface area contributed by atoms with Gasteiger partial charge in [-0.15, -0.1) is 0 Å². The summed E-state index contributed by atoms with van der Waals surface area (Å²) in [5, 5.41) is 3.44. The van der Waals surface area contributed by atoms with Crippen LogP contribution in [-0.2, 0) is 10.0 Å². The fourth-order valence-electron chi connectivity index (χ4n) is 2.79. The molecule has 4 N–H and O–H groups in total. The van der Waals surface area contributed by atoms with E-state index in [1.54, 1.807) is 12.1 Å². The number of nitrogens with zero attached hydrogens (tertiary/aromatic N) is 1. The van der Waals surface area contributed by atoms with Gasteiger partial charge in [-0.1, -0.05) is 19.3 Å². The normalized spacial score (nSPS) is 16.7. The second-order valence-corrected chi connectivity index (χ2v) is 8.20. The molecule has 1 aliphatic rings. The van der Waals surface area contributed by atoms with Crippen molar-refractivity contribution in [3.63, 3.8) is 0 Å². The van der Waals surface area contributed by atoms with Gasteiger partial charge in [0.05, 0.1) is 16.3 Å². The van der Waals surface area contributed by atoms with Crippen molar-refractivity contribution < 1.29 is 8.42 Å². The first-order chi connectivity index (χ1) is 10.9. The van der Waals surface area contributed by atoms with Gasteiger partial charge in [0.15, 0.2) is 0 Å². The van der Waals surface area contributed by atoms with E-state index in [9.17, 15) is 8.42 Å². The minimum absolute atomic E-state index is 0.211. The number of benzene rings is 1. The highest BCUT2D eigenvalue weighted by molar-refractivity contribution is 7.89. The first kappa shape index (κ1) is 18.0. The Hall–Kier alpha value is -1.31. The Bertz CT molecular complexity index is 611. The van der Waals surface area contributed by atoms with Gasteiger partial charge in [-0.3, -0.25) is 0 Å². The standard InChI is InChI=1S/C16H28N4O2S/c1-20(2)11-10-18-23(21,22)14-8-9-16(15(17)12-14)19-13-6-4-3-5-7-13/h8-9,12-13,18-19H,3-7,10-11,17H2,1-2H3. The van der Waals surface area contributed by atoms with Gasteiger partial charge < -0.3 is 16.0 Å². The van der Waals surface area contributed by atoms with Crippen LogP contribution in [0.2, 0.25) is 0 Å². The Morgan fingerprint density at radius 3 is 2.52 bits per heavy atom. The van der Waals surface area contributed by atoms with Gasteiger partial charge in [-0.25, -0.2) is 13.1 Å². The molecular weight excluding hydrogens is 312 g/mol. The number of anilines is 2. The smallest absolute Gasteiger partial charge is 0.240 e. The number of sulfonamides is 1. The monoisotopic (exact) mass is 340 g/mol. The summed E-state index contributed by atoms with van der Waals surface area (Å²) in [7, 11) is 0.289. The SMILES string of the molecule is CN(C)CCNS(=O)(=O)c1ccc(NC2CCCCC2)c(N)c1. The molecule has 0 unspecified atom stereocenters. The van der Waals surface area contributed by atoms with Crippen LogP contribution in [0.5, 0.6) is 0 Å². The highest BCUT2D eigenvalue weighted by atomic mass is 32.2. The van der Waals surface area contributed by atoms with Crippen LogP contribution in [0.1, 0.15) is 32.1 Å². The molecule has 0 radical (unpaired) electrons. The van der Waals surface area contributed by atoms with E-state index in [-0.39, 0.29) is 4.90 Å². The predicted molar refractivity (Wildman–Crippen MR) is 95.1 cm³/mol. The molecule has 0 atom stereocenters. The lowest BCUT2D eigenvalue weighted by molar-refractivity contribution is 0.412. The number of hydrogen-bond donors (Lipinski definition) is 3. The molecule has 0 saturated heterocycles. The number of nitrogen functional groups attached to an aromatic ring is 1. The molecule has 1 aliphatic carbocycles. The summed E-state index contributed by atoms with van der Waals surface area (Å²) in [5.74, 6) is 0. The molecule has 1 aromatic carbocycles. The van der Waals surface area contributed by atoms with Gasteiger partial charge in [-0.2, -0.15) is 0 Å². The molecule has 6 nitrogen and oxygen atoms in total. The van der Waals surface area contributed by atoms with E-state index in [4.69, 9.17) is 5.73 Å². The molecule has 1 saturated carbocycles. The second-order valence-electron chi connectivity index (χ2n) is 6.43. The van der Waals surface area contributed by atoms with Gasteiger partial charge >= 0.3 is 0 Å². The Labute approximate surface area is 139 Å². The first-order valence-corrected chi connectivity index (χ1v) is 9.67. The van der Waals surface area contributed by atoms with Gasteiger partial charge in [0, 0.05) is 19.1 Å². The fraction of sp³-hybridized carbons (Fsp3) is 0.625. The maximum atomic E-state index is 12.3. The Kier molecular flexibility index (Phi) is 6.26. The van der Waals surface area contributed by atoms with Crippen molar-refractivity contribution in [3.8, 4) is 0 Å². The van der Waals surface area contributed by atoms with Crippen molar-refractivity contribution in [2.24, 2.45) is 0 Å². The molecule has 130 valence electrons. The average molecular weight is 340 g/mol. The van der Waals surface area contributed by atoms with Gasteiger partial charge in [0.25, 0.3) is 0 Å². The van der Waals surface area contributed by atoms with Crippen molar-refractivity contribution >= 4 is 21.4 Å². The fourth-order valence-corrected chi connectivity index (χ4v) is 3.85. The minimum atomic E-state index is -3.51. The first-order valence-electron chi connectivity index (χ1n) is 8.19. The lowest BCUT2D eigenvalue weighted by atomic mass is 9.95. The molecule has 7 heteroatoms. The molecular formula is C16H28N4O2S. The van der Waals surface area contributed by atoms with Crippen molar-refractivity contribution in [1.82, 2.24) is 9.62 Å². The summed E-state index contributed by atoms with van der Waals surface area (Å²) in [6.45, 7) is 1.02. The summed E-state index contributed by atoms with van der Waals surface area (Å²) < 4.78 is 27.1. The van der Waals surface area contributed by atoms with Gasteiger partial charge in [0.2, 0.25) is 10.0 Å². The van der Waals surface area contributed by atoms with E-state index < -0.39 is 10.0 Å². The Balaban J connectivity index is 2.02. The minimum Gasteiger partial charge on any atom is -0.397 e. The van der Waals surface area contributed by atoms with Crippen LogP contribution in [0, 0.1) is 0 Å². The molecule has 0 bridgehead atoms. The topological polar surface area (TPSA) is 87.5 Å². The van der Waals surface area contributed by atoms with E-state index in [0.29, 0.717) is 24.8 Å². The average Bonchev–Trinajstić information content (AvgIpc) is 2.49. The summed E-state index contributed by atoms with van der Waals surface area (Å²) >= 11 is 0. The van der Waals surface area contributed by atoms with Crippen molar-refractivity contribution in [2.45, 2.75) is 43.0 Å². The molecule has 1 aromatic rings. The lowest BCUT2D eigenvalue weighted by Gasteiger charge is -2.24. The van der Waals surface area contributed by atoms with Crippen molar-refractivity contribution in [2.75, 3.05) is 38.2 Å². The number of nitrogens with two attached hydrogens (primary N) is 1. The number of likely N-dealkylation sites (N-methyl/N-ethyl adjacent to an activating group) is 1. The largest absolute Gasteiger partial charge is 0.397 e. The third-order valence-electron chi connectivity index (χ3n) is 4.15. The highest BCUT2D eigenvalue weighted by Gasteiger charge is 2.17. The van der Waals surface area contributed by atoms with E-state index in [1.807, 2.05) is 19.0 Å². The zero-order valence-electron chi connectivity index (χ0n) is 14.0. The van der Waals surface area contributed by atoms with Crippen molar-refractivity contribution in [1.29, 1.82) is 0 Å². The van der Waals surface area contributed by atoms with E-state index in [2.05, 4.69) is 10.0 Å². The number of hydrogen-bond acceptors (Lipinski definition) is 5. The molecule has 0 spiro atoms. The zero-order chi connectivity index (χ0) is 16.9. The third-order valence-corrected chi connectivity index (χ3v) is 5.61. The van der Waals surface area contributed by atoms with E-state index >= 15 is 0 Å². The predicted octanol–water partition coefficient (Wildman–Crippen LogP) is 1.85. The summed E-state index contributed by atoms with van der Waals surface area (Å²) in [6.07, 6.45) is 6.06. The van der Waals surface area contributed by atoms with Crippen LogP contribution in [0.3, 0.4) is 0 Å². The van der Waals surface area contributed by atoms with Crippen LogP contribution in [0.15, 0.2) is 23.1 Å². The lowest BCUT2D eigenvalue weighted by Crippen LogP contribution is -2.31. The third kappa shape index (κ3) is 5.37. The molecule has 0 amide bonds. The van der Waals surface area contributed by atoms with E-state index in [0.717, 1.165) is 18.5 Å². The van der Waals surface area contributed by atoms with Crippen molar-refractivity contribution in [3.05, 3.63) is 18.2 Å². The summed E-state index contributed by atoms with van der Waals surface area (Å²) in [4.78, 5) is 2.14. The van der Waals surface area contributed by atoms with Crippen LogP contribution in [0.25, 0.3) is 0 Å². The van der Waals surface area contributed by atoms with Gasteiger partial charge in [0.1, 0.15) is 0 Å². The Morgan fingerprint density at radius 2 is 1.91 bits per heavy atom. The zero-order valence-corrected chi connectivity index (χ0v) is 14.8. The molecule has 1 fully saturated rings. The molecule has 0 aliphatic heterocycles. The summed E-state index contributed by atoms with van der Waals surface area (Å²) in [6, 6.07) is 5.35. The van der Waals surface area contributed by atoms with Crippen LogP contribution in [0.4, 0.5) is 11.4 Å². The van der Waals surface area contributed by atoms with Crippen LogP contribution in [-0.4, -0.2) is 46.5 Å². The molecule has 0 heterocycles. The Morgan fingerprint density at radius 1 is 1.22 bits per heavy atom. The number of nitrogens with one attached hydrogen (secondary N) is 2.